The molecule has 0 aromatic heterocycles. The van der Waals surface area contributed by atoms with Crippen molar-refractivity contribution in [1.29, 1.82) is 0 Å². The second-order valence-electron chi connectivity index (χ2n) is 26.7. The lowest BCUT2D eigenvalue weighted by Crippen LogP contribution is -2.67. The van der Waals surface area contributed by atoms with Crippen LogP contribution in [0.15, 0.2) is 11.6 Å². The second-order valence-corrected chi connectivity index (χ2v) is 27.7. The predicted octanol–water partition coefficient (Wildman–Crippen LogP) is -2.68. The number of aliphatic hydroxyl groups excluding tert-OH is 12. The molecule has 28 nitrogen and oxygen atoms in total. The quantitative estimate of drug-likeness (QED) is 0.0491. The largest absolute Gasteiger partial charge is 0.397 e. The highest BCUT2D eigenvalue weighted by molar-refractivity contribution is 7.80. The number of fused-ring (bicyclic) bond motifs is 5. The third-order valence-electron chi connectivity index (χ3n) is 20.3. The third-order valence-corrected chi connectivity index (χ3v) is 20.8. The molecule has 29 heteroatoms. The van der Waals surface area contributed by atoms with Gasteiger partial charge >= 0.3 is 10.4 Å². The Morgan fingerprint density at radius 2 is 1.20 bits per heavy atom. The molecule has 8 fully saturated rings. The van der Waals surface area contributed by atoms with Crippen molar-refractivity contribution >= 4 is 16.2 Å². The van der Waals surface area contributed by atoms with Gasteiger partial charge in [0, 0.05) is 12.8 Å². The molecule has 3 saturated carbocycles. The number of rotatable bonds is 18. The average Bonchev–Trinajstić information content (AvgIpc) is 1.71. The zero-order chi connectivity index (χ0) is 62.3. The van der Waals surface area contributed by atoms with Crippen molar-refractivity contribution in [2.75, 3.05) is 13.2 Å². The van der Waals surface area contributed by atoms with Gasteiger partial charge < -0.3 is 114 Å². The summed E-state index contributed by atoms with van der Waals surface area (Å²) < 4.78 is 100. The number of allylic oxidation sites excluding steroid dienone is 2. The normalized spacial score (nSPS) is 51.3. The number of aliphatic hydroxyl groups is 13. The van der Waals surface area contributed by atoms with Gasteiger partial charge in [-0.1, -0.05) is 39.3 Å². The van der Waals surface area contributed by atoms with Crippen LogP contribution in [0.4, 0.5) is 0 Å². The van der Waals surface area contributed by atoms with Gasteiger partial charge in [-0.3, -0.25) is 9.35 Å². The van der Waals surface area contributed by atoms with E-state index in [2.05, 4.69) is 19.9 Å². The Kier molecular flexibility index (Phi) is 20.8. The molecule has 14 N–H and O–H groups in total. The molecular weight excluding hydrogens is 1150 g/mol. The molecule has 33 atom stereocenters. The van der Waals surface area contributed by atoms with E-state index >= 15 is 0 Å². The Labute approximate surface area is 494 Å². The SMILES string of the molecule is CC(C)CC(=O)CC(C)(O)[C@H]1CCC2[C@@H]3C[C@H](O[C@@H]4OC(C)[C@@H](O)C(O[C@@H]5OC[C@@H](O[C@@H]6OC(CO)[C@H](O)C(O)C6O[C@@H]6OC(C)[C@H](O)C(O)C6O)C(O)C5O[C@@H]5OC(C)[C@@H](O)C(O)C5O)C4O)[C@H]4C[C@@H](OS(=O)(=O)O)CC[C@]4(C)C3=CC[C@@]21C. The van der Waals surface area contributed by atoms with Gasteiger partial charge in [-0.15, -0.1) is 0 Å². The van der Waals surface area contributed by atoms with Crippen LogP contribution in [0.25, 0.3) is 0 Å². The molecule has 0 aromatic rings. The van der Waals surface area contributed by atoms with Gasteiger partial charge in [-0.2, -0.15) is 8.42 Å². The molecule has 0 aromatic carbocycles. The molecule has 5 heterocycles. The van der Waals surface area contributed by atoms with Crippen LogP contribution in [0.2, 0.25) is 0 Å². The standard InChI is InChI=1S/C56H92O28S/c1-21(2)15-25(58)18-56(8,70)34-10-9-28-27-17-31(30-16-26(84-85(71,72)73)11-13-54(30,6)29(27)12-14-55(28,34)7)78-51-45(69)46(37(61)24(5)77-51)81-52-47(82-49-43(67)40(64)35(59)22(3)75-49)39(63)33(20-74-52)80-53-48(42(66)38(62)32(19-57)79-53)83-50-44(68)41(65)36(60)23(4)76-50/h12,21-24,26-28,30-53,57,59-70H,9-11,13-20H2,1-8H3,(H,71,72,73)/t22?,23?,24?,26-,27-,28?,30+,31-,32?,33+,34-,35+,36-,37+,38-,39?,40?,41?,42?,43?,44?,45?,46?,47?,48?,49-,50-,51-,52-,53-,54+,55-,56?/m0/s1. The van der Waals surface area contributed by atoms with Gasteiger partial charge in [-0.25, -0.2) is 4.18 Å². The molecular formula is C56H92O28S. The summed E-state index contributed by atoms with van der Waals surface area (Å²) >= 11 is 0. The fraction of sp³-hybridized carbons (Fsp3) is 0.946. The van der Waals surface area contributed by atoms with Gasteiger partial charge in [0.1, 0.15) is 103 Å². The maximum absolute atomic E-state index is 13.2. The molecule has 0 spiro atoms. The van der Waals surface area contributed by atoms with Crippen molar-refractivity contribution in [3.05, 3.63) is 11.6 Å². The fourth-order valence-corrected chi connectivity index (χ4v) is 16.3. The molecule has 85 heavy (non-hydrogen) atoms. The van der Waals surface area contributed by atoms with E-state index in [-0.39, 0.29) is 48.7 Å². The Balaban J connectivity index is 0.982. The van der Waals surface area contributed by atoms with Crippen LogP contribution in [0.3, 0.4) is 0 Å². The Hall–Kier alpha value is -1.64. The van der Waals surface area contributed by atoms with Crippen LogP contribution in [0, 0.1) is 40.4 Å². The molecule has 9 rings (SSSR count). The molecule has 9 aliphatic rings. The Morgan fingerprint density at radius 3 is 1.78 bits per heavy atom. The number of ketones is 1. The van der Waals surface area contributed by atoms with Crippen molar-refractivity contribution in [1.82, 2.24) is 0 Å². The topological polar surface area (TPSA) is 436 Å². The van der Waals surface area contributed by atoms with Crippen molar-refractivity contribution in [3.8, 4) is 0 Å². The van der Waals surface area contributed by atoms with E-state index in [0.29, 0.717) is 32.1 Å². The Bertz CT molecular complexity index is 2420. The third kappa shape index (κ3) is 13.5. The molecule has 0 bridgehead atoms. The number of Topliss-reactive ketones (excluding diaryl/α,β-unsaturated/α-hetero) is 1. The molecule has 5 aliphatic heterocycles. The van der Waals surface area contributed by atoms with Crippen LogP contribution in [-0.4, -0.2) is 264 Å². The maximum atomic E-state index is 13.2. The lowest BCUT2D eigenvalue weighted by molar-refractivity contribution is -0.398. The monoisotopic (exact) mass is 1240 g/mol. The molecule has 0 amide bonds. The number of hydrogen-bond donors (Lipinski definition) is 14. The molecule has 0 radical (unpaired) electrons. The minimum atomic E-state index is -4.88. The highest BCUT2D eigenvalue weighted by atomic mass is 32.3. The van der Waals surface area contributed by atoms with E-state index in [9.17, 15) is 84.1 Å². The van der Waals surface area contributed by atoms with E-state index in [4.69, 9.17) is 51.6 Å². The number of carbonyl (C=O) groups is 1. The Morgan fingerprint density at radius 1 is 0.647 bits per heavy atom. The van der Waals surface area contributed by atoms with Crippen molar-refractivity contribution in [2.24, 2.45) is 40.4 Å². The summed E-state index contributed by atoms with van der Waals surface area (Å²) in [5.74, 6) is -0.799. The summed E-state index contributed by atoms with van der Waals surface area (Å²) in [6.45, 7) is 12.6. The summed E-state index contributed by atoms with van der Waals surface area (Å²) in [7, 11) is -4.88. The van der Waals surface area contributed by atoms with E-state index in [1.807, 2.05) is 13.8 Å². The fourth-order valence-electron chi connectivity index (χ4n) is 15.8. The van der Waals surface area contributed by atoms with E-state index in [0.717, 1.165) is 12.0 Å². The van der Waals surface area contributed by atoms with Crippen LogP contribution < -0.4 is 0 Å². The first kappa shape index (κ1) is 67.7. The predicted molar refractivity (Wildman–Crippen MR) is 286 cm³/mol. The van der Waals surface area contributed by atoms with Gasteiger partial charge in [0.15, 0.2) is 31.5 Å². The highest BCUT2D eigenvalue weighted by Crippen LogP contribution is 2.67. The summed E-state index contributed by atoms with van der Waals surface area (Å²) in [5.41, 5.74) is -1.26. The van der Waals surface area contributed by atoms with Gasteiger partial charge in [0.05, 0.1) is 49.3 Å². The van der Waals surface area contributed by atoms with Gasteiger partial charge in [0.2, 0.25) is 0 Å². The average molecular weight is 1250 g/mol. The van der Waals surface area contributed by atoms with Crippen molar-refractivity contribution < 1.29 is 136 Å². The van der Waals surface area contributed by atoms with Gasteiger partial charge in [0.25, 0.3) is 0 Å². The minimum Gasteiger partial charge on any atom is -0.394 e. The summed E-state index contributed by atoms with van der Waals surface area (Å²) in [6, 6.07) is 0. The molecule has 16 unspecified atom stereocenters. The second kappa shape index (κ2) is 26.2. The van der Waals surface area contributed by atoms with Crippen LogP contribution in [-0.2, 0) is 66.7 Å². The maximum Gasteiger partial charge on any atom is 0.397 e. The van der Waals surface area contributed by atoms with Crippen LogP contribution in [0.1, 0.15) is 113 Å². The highest BCUT2D eigenvalue weighted by Gasteiger charge is 2.64. The van der Waals surface area contributed by atoms with E-state index in [1.165, 1.54) is 20.8 Å². The summed E-state index contributed by atoms with van der Waals surface area (Å²) in [6.07, 6.45) is -37.1. The van der Waals surface area contributed by atoms with Gasteiger partial charge in [-0.05, 0) is 113 Å². The number of carbonyl (C=O) groups excluding carboxylic acids is 1. The number of hydrogen-bond acceptors (Lipinski definition) is 27. The first-order chi connectivity index (χ1) is 39.7. The lowest BCUT2D eigenvalue weighted by atomic mass is 9.47. The molecule has 5 saturated heterocycles. The molecule has 490 valence electrons. The van der Waals surface area contributed by atoms with Crippen molar-refractivity contribution in [2.45, 2.75) is 278 Å². The van der Waals surface area contributed by atoms with Crippen LogP contribution in [0.5, 0.6) is 0 Å². The van der Waals surface area contributed by atoms with Crippen molar-refractivity contribution in [3.63, 3.8) is 0 Å². The molecule has 4 aliphatic carbocycles. The van der Waals surface area contributed by atoms with Crippen LogP contribution >= 0.6 is 0 Å². The van der Waals surface area contributed by atoms with E-state index in [1.54, 1.807) is 6.92 Å². The lowest BCUT2D eigenvalue weighted by Gasteiger charge is -2.60. The first-order valence-corrected chi connectivity index (χ1v) is 31.3. The minimum absolute atomic E-state index is 0.00462. The first-order valence-electron chi connectivity index (χ1n) is 29.9. The zero-order valence-corrected chi connectivity index (χ0v) is 50.0. The summed E-state index contributed by atoms with van der Waals surface area (Å²) in [5, 5.41) is 145. The van der Waals surface area contributed by atoms with E-state index < -0.39 is 206 Å². The summed E-state index contributed by atoms with van der Waals surface area (Å²) in [4.78, 5) is 13.2. The zero-order valence-electron chi connectivity index (χ0n) is 49.1. The number of ether oxygens (including phenoxy) is 10. The smallest absolute Gasteiger partial charge is 0.394 e.